The van der Waals surface area contributed by atoms with Crippen molar-refractivity contribution in [2.24, 2.45) is 0 Å². The topological polar surface area (TPSA) is 9.72 Å². The number of rotatable bonds is 7. The highest BCUT2D eigenvalue weighted by Crippen LogP contribution is 2.55. The van der Waals surface area contributed by atoms with Crippen molar-refractivity contribution in [1.82, 2.24) is 0 Å². The summed E-state index contributed by atoms with van der Waals surface area (Å²) in [6, 6.07) is 76.0. The quantitative estimate of drug-likeness (QED) is 0.149. The Balaban J connectivity index is 1.23. The summed E-state index contributed by atoms with van der Waals surface area (Å²) < 4.78 is 0. The molecule has 62 heavy (non-hydrogen) atoms. The molecule has 0 unspecified atom stereocenters. The van der Waals surface area contributed by atoms with Gasteiger partial charge in [-0.15, -0.1) is 0 Å². The number of fused-ring (bicyclic) bond motifs is 2. The Bertz CT molecular complexity index is 3180. The van der Waals surface area contributed by atoms with Gasteiger partial charge in [0, 0.05) is 50.0 Å². The van der Waals surface area contributed by atoms with Crippen LogP contribution in [0, 0.1) is 0 Å². The van der Waals surface area contributed by atoms with Crippen molar-refractivity contribution in [3.8, 4) is 0 Å². The van der Waals surface area contributed by atoms with Crippen molar-refractivity contribution >= 4 is 83.5 Å². The first-order valence-electron chi connectivity index (χ1n) is 21.8. The molecule has 0 aromatic heterocycles. The van der Waals surface area contributed by atoms with Gasteiger partial charge < -0.3 is 14.7 Å². The minimum absolute atomic E-state index is 0.0130. The summed E-state index contributed by atoms with van der Waals surface area (Å²) in [6.07, 6.45) is 0. The van der Waals surface area contributed by atoms with Crippen molar-refractivity contribution in [3.63, 3.8) is 0 Å². The van der Waals surface area contributed by atoms with Gasteiger partial charge in [-0.3, -0.25) is 0 Å². The highest BCUT2D eigenvalue weighted by Gasteiger charge is 2.37. The molecule has 0 amide bonds. The van der Waals surface area contributed by atoms with Gasteiger partial charge in [0.15, 0.2) is 0 Å². The van der Waals surface area contributed by atoms with Gasteiger partial charge in [0.05, 0.1) is 22.7 Å². The molecule has 3 nitrogen and oxygen atoms in total. The van der Waals surface area contributed by atoms with Crippen molar-refractivity contribution in [2.75, 3.05) is 14.7 Å². The number of hydrogen-bond donors (Lipinski definition) is 0. The molecule has 0 saturated heterocycles. The molecule has 1 aliphatic heterocycles. The van der Waals surface area contributed by atoms with E-state index in [1.165, 1.54) is 60.4 Å². The number of nitrogens with zero attached hydrogens (tertiary/aromatic N) is 3. The van der Waals surface area contributed by atoms with E-state index in [4.69, 9.17) is 0 Å². The molecule has 0 saturated carbocycles. The van der Waals surface area contributed by atoms with Crippen molar-refractivity contribution < 1.29 is 0 Å². The van der Waals surface area contributed by atoms with Gasteiger partial charge in [0.25, 0.3) is 0 Å². The maximum absolute atomic E-state index is 2.49. The Morgan fingerprint density at radius 3 is 1.40 bits per heavy atom. The van der Waals surface area contributed by atoms with E-state index < -0.39 is 0 Å². The zero-order chi connectivity index (χ0) is 42.2. The molecule has 3 heteroatoms. The summed E-state index contributed by atoms with van der Waals surface area (Å²) >= 11 is 0. The Kier molecular flexibility index (Phi) is 8.73. The first kappa shape index (κ1) is 37.6. The fraction of sp³-hybridized carbons (Fsp3) is 0.119. The fourth-order valence-corrected chi connectivity index (χ4v) is 9.95. The van der Waals surface area contributed by atoms with E-state index in [2.05, 4.69) is 256 Å². The van der Waals surface area contributed by atoms with Crippen LogP contribution in [-0.2, 0) is 10.8 Å². The van der Waals surface area contributed by atoms with E-state index >= 15 is 0 Å². The molecule has 300 valence electrons. The largest absolute Gasteiger partial charge is 0.310 e. The van der Waals surface area contributed by atoms with Crippen molar-refractivity contribution in [2.45, 2.75) is 45.4 Å². The first-order valence-corrected chi connectivity index (χ1v) is 21.8. The summed E-state index contributed by atoms with van der Waals surface area (Å²) in [6.45, 7) is 11.7. The maximum atomic E-state index is 2.49. The second kappa shape index (κ2) is 14.4. The van der Waals surface area contributed by atoms with Crippen LogP contribution >= 0.6 is 0 Å². The van der Waals surface area contributed by atoms with Gasteiger partial charge in [0.2, 0.25) is 0 Å². The molecule has 0 radical (unpaired) electrons. The minimum atomic E-state index is -0.272. The van der Waals surface area contributed by atoms with Crippen LogP contribution in [0.5, 0.6) is 0 Å². The maximum Gasteiger partial charge on any atom is 0.0561 e. The van der Waals surface area contributed by atoms with E-state index in [-0.39, 0.29) is 10.8 Å². The summed E-state index contributed by atoms with van der Waals surface area (Å²) in [5, 5.41) is 7.53. The molecule has 0 aliphatic carbocycles. The van der Waals surface area contributed by atoms with E-state index in [0.29, 0.717) is 0 Å². The van der Waals surface area contributed by atoms with Crippen LogP contribution in [0.4, 0.5) is 51.2 Å². The van der Waals surface area contributed by atoms with Crippen molar-refractivity contribution in [3.05, 3.63) is 223 Å². The van der Waals surface area contributed by atoms with E-state index in [1.807, 2.05) is 0 Å². The average Bonchev–Trinajstić information content (AvgIpc) is 3.30. The van der Waals surface area contributed by atoms with Crippen molar-refractivity contribution in [1.29, 1.82) is 0 Å². The van der Waals surface area contributed by atoms with Crippen LogP contribution in [-0.4, -0.2) is 0 Å². The lowest BCUT2D eigenvalue weighted by atomic mass is 9.73. The van der Waals surface area contributed by atoms with Crippen LogP contribution in [0.1, 0.15) is 51.3 Å². The number of hydrogen-bond acceptors (Lipinski definition) is 3. The van der Waals surface area contributed by atoms with Gasteiger partial charge in [-0.05, 0) is 117 Å². The van der Waals surface area contributed by atoms with Gasteiger partial charge in [-0.25, -0.2) is 0 Å². The third-order valence-electron chi connectivity index (χ3n) is 13.0. The Hall–Kier alpha value is -7.36. The Morgan fingerprint density at radius 2 is 0.871 bits per heavy atom. The van der Waals surface area contributed by atoms with Crippen LogP contribution in [0.25, 0.3) is 32.3 Å². The van der Waals surface area contributed by atoms with Crippen LogP contribution in [0.2, 0.25) is 0 Å². The minimum Gasteiger partial charge on any atom is -0.310 e. The predicted octanol–water partition coefficient (Wildman–Crippen LogP) is 16.9. The highest BCUT2D eigenvalue weighted by atomic mass is 15.2. The fourth-order valence-electron chi connectivity index (χ4n) is 9.95. The zero-order valence-corrected chi connectivity index (χ0v) is 36.0. The molecule has 0 bridgehead atoms. The normalized spacial score (nSPS) is 13.3. The van der Waals surface area contributed by atoms with Gasteiger partial charge in [0.1, 0.15) is 0 Å². The molecule has 0 N–H and O–H groups in total. The standard InChI is InChI=1S/C59H49N3/c1-58(2,3)42-36-40-30-33-48-54(60(43-20-10-6-11-21-43)44-22-12-7-13-23-44)39-55(49-34-31-41(37-42)56(40)57(48)49)61(45-24-14-8-15-25-45)47-32-35-53-51(38-47)59(4,5)50-28-18-19-29-52(50)62(53)46-26-16-9-17-27-46/h6-39H,1-5H3. The van der Waals surface area contributed by atoms with Crippen LogP contribution < -0.4 is 14.7 Å². The molecule has 10 aromatic rings. The molecular weight excluding hydrogens is 751 g/mol. The summed E-state index contributed by atoms with van der Waals surface area (Å²) in [5.74, 6) is 0. The third kappa shape index (κ3) is 6.02. The van der Waals surface area contributed by atoms with Gasteiger partial charge in [-0.2, -0.15) is 0 Å². The number of para-hydroxylation sites is 5. The zero-order valence-electron chi connectivity index (χ0n) is 36.0. The Labute approximate surface area is 365 Å². The van der Waals surface area contributed by atoms with E-state index in [1.54, 1.807) is 0 Å². The third-order valence-corrected chi connectivity index (χ3v) is 13.0. The molecular formula is C59H49N3. The smallest absolute Gasteiger partial charge is 0.0561 e. The molecule has 1 aliphatic rings. The molecule has 11 rings (SSSR count). The molecule has 1 heterocycles. The second-order valence-corrected chi connectivity index (χ2v) is 18.3. The van der Waals surface area contributed by atoms with E-state index in [0.717, 1.165) is 39.8 Å². The highest BCUT2D eigenvalue weighted by molar-refractivity contribution is 6.29. The predicted molar refractivity (Wildman–Crippen MR) is 265 cm³/mol. The lowest BCUT2D eigenvalue weighted by molar-refractivity contribution is 0.591. The lowest BCUT2D eigenvalue weighted by Gasteiger charge is -2.42. The monoisotopic (exact) mass is 799 g/mol. The van der Waals surface area contributed by atoms with Gasteiger partial charge in [-0.1, -0.05) is 162 Å². The summed E-state index contributed by atoms with van der Waals surface area (Å²) in [5.41, 5.74) is 13.9. The first-order chi connectivity index (χ1) is 30.2. The van der Waals surface area contributed by atoms with E-state index in [9.17, 15) is 0 Å². The average molecular weight is 800 g/mol. The molecule has 0 atom stereocenters. The number of benzene rings is 10. The number of anilines is 9. The second-order valence-electron chi connectivity index (χ2n) is 18.3. The summed E-state index contributed by atoms with van der Waals surface area (Å²) in [4.78, 5) is 7.36. The van der Waals surface area contributed by atoms with Gasteiger partial charge >= 0.3 is 0 Å². The summed E-state index contributed by atoms with van der Waals surface area (Å²) in [7, 11) is 0. The Morgan fingerprint density at radius 1 is 0.403 bits per heavy atom. The molecule has 0 spiro atoms. The molecule has 0 fully saturated rings. The van der Waals surface area contributed by atoms with Crippen LogP contribution in [0.3, 0.4) is 0 Å². The SMILES string of the molecule is CC(C)(C)c1cc2ccc3c(N(c4ccccc4)c4ccccc4)cc(N(c4ccccc4)c4ccc5c(c4)C(C)(C)c4ccccc4N5c4ccccc4)c4ccc(c1)c2c34. The lowest BCUT2D eigenvalue weighted by Crippen LogP contribution is -2.31. The molecule has 10 aromatic carbocycles. The van der Waals surface area contributed by atoms with Crippen LogP contribution in [0.15, 0.2) is 206 Å².